The van der Waals surface area contributed by atoms with Gasteiger partial charge in [-0.25, -0.2) is 18.7 Å². The minimum atomic E-state index is -4.00. The summed E-state index contributed by atoms with van der Waals surface area (Å²) in [5.74, 6) is -1.13. The van der Waals surface area contributed by atoms with E-state index in [1.165, 1.54) is 68.3 Å². The zero-order valence-corrected chi connectivity index (χ0v) is 23.6. The Hall–Kier alpha value is -4.52. The van der Waals surface area contributed by atoms with E-state index in [1.54, 1.807) is 6.07 Å². The molecule has 0 aliphatic carbocycles. The lowest BCUT2D eigenvalue weighted by atomic mass is 9.97. The Morgan fingerprint density at radius 3 is 2.54 bits per heavy atom. The van der Waals surface area contributed by atoms with E-state index in [1.807, 2.05) is 10.8 Å². The molecule has 0 spiro atoms. The van der Waals surface area contributed by atoms with Gasteiger partial charge >= 0.3 is 11.7 Å². The highest BCUT2D eigenvalue weighted by Gasteiger charge is 2.20. The number of fused-ring (bicyclic) bond motifs is 1. The van der Waals surface area contributed by atoms with Crippen molar-refractivity contribution >= 4 is 38.9 Å². The molecule has 218 valence electrons. The lowest BCUT2D eigenvalue weighted by Gasteiger charge is -2.17. The fraction of sp³-hybridized carbons (Fsp3) is 0.308. The lowest BCUT2D eigenvalue weighted by molar-refractivity contribution is -0.128. The molecular formula is C26H29FN6O7S. The zero-order chi connectivity index (χ0) is 30.3. The summed E-state index contributed by atoms with van der Waals surface area (Å²) in [4.78, 5) is 39.9. The van der Waals surface area contributed by atoms with Crippen LogP contribution in [0.5, 0.6) is 5.75 Å². The Kier molecular flexibility index (Phi) is 10.0. The standard InChI is InChI=1S/C26H29FN6O7S/c1-29-41(37,38)31-21-7-5-6-16(24(21)27)12-19-20(14-30-15-23(34)33(4)11-10-28)18-9-8-17(39-26(36)32(2)3)13-22(18)40-25(19)35/h5-9,13,29-31H,11-12,14-15H2,1-4H3. The van der Waals surface area contributed by atoms with Gasteiger partial charge in [-0.3, -0.25) is 9.52 Å². The van der Waals surface area contributed by atoms with E-state index in [-0.39, 0.29) is 60.1 Å². The summed E-state index contributed by atoms with van der Waals surface area (Å²) in [6.07, 6.45) is -0.912. The number of nitrogens with one attached hydrogen (secondary N) is 3. The molecule has 2 aromatic carbocycles. The number of ether oxygens (including phenoxy) is 1. The number of hydrogen-bond acceptors (Lipinski definition) is 9. The SMILES string of the molecule is CNS(=O)(=O)Nc1cccc(Cc2c(CNCC(=O)N(C)CC#N)c3ccc(OC(=O)N(C)C)cc3oc2=O)c1F. The van der Waals surface area contributed by atoms with Gasteiger partial charge in [-0.1, -0.05) is 12.1 Å². The maximum Gasteiger partial charge on any atom is 0.414 e. The van der Waals surface area contributed by atoms with Gasteiger partial charge in [0.1, 0.15) is 17.9 Å². The molecule has 3 N–H and O–H groups in total. The number of carbonyl (C=O) groups excluding carboxylic acids is 2. The molecule has 0 aliphatic heterocycles. The molecule has 2 amide bonds. The first kappa shape index (κ1) is 31.0. The van der Waals surface area contributed by atoms with Crippen LogP contribution in [0.1, 0.15) is 16.7 Å². The first-order valence-electron chi connectivity index (χ1n) is 12.1. The van der Waals surface area contributed by atoms with Gasteiger partial charge in [0.2, 0.25) is 5.91 Å². The predicted octanol–water partition coefficient (Wildman–Crippen LogP) is 1.53. The predicted molar refractivity (Wildman–Crippen MR) is 148 cm³/mol. The molecule has 0 aliphatic rings. The van der Waals surface area contributed by atoms with Gasteiger partial charge in [0, 0.05) is 58.2 Å². The Bertz CT molecular complexity index is 1670. The summed E-state index contributed by atoms with van der Waals surface area (Å²) >= 11 is 0. The number of benzene rings is 2. The van der Waals surface area contributed by atoms with Gasteiger partial charge < -0.3 is 24.3 Å². The Morgan fingerprint density at radius 1 is 1.15 bits per heavy atom. The number of likely N-dealkylation sites (N-methyl/N-ethyl adjacent to an activating group) is 1. The van der Waals surface area contributed by atoms with Crippen molar-refractivity contribution in [3.05, 3.63) is 69.3 Å². The van der Waals surface area contributed by atoms with Gasteiger partial charge in [-0.15, -0.1) is 0 Å². The molecule has 0 unspecified atom stereocenters. The molecule has 0 atom stereocenters. The van der Waals surface area contributed by atoms with Gasteiger partial charge in [-0.2, -0.15) is 13.7 Å². The maximum atomic E-state index is 15.3. The summed E-state index contributed by atoms with van der Waals surface area (Å²) < 4.78 is 54.0. The van der Waals surface area contributed by atoms with Crippen molar-refractivity contribution in [1.29, 1.82) is 5.26 Å². The van der Waals surface area contributed by atoms with E-state index >= 15 is 4.39 Å². The molecule has 0 radical (unpaired) electrons. The number of rotatable bonds is 11. The van der Waals surface area contributed by atoms with Crippen molar-refractivity contribution in [2.24, 2.45) is 0 Å². The van der Waals surface area contributed by atoms with Crippen molar-refractivity contribution < 1.29 is 31.6 Å². The largest absolute Gasteiger partial charge is 0.422 e. The van der Waals surface area contributed by atoms with E-state index in [9.17, 15) is 22.8 Å². The third-order valence-electron chi connectivity index (χ3n) is 5.93. The summed E-state index contributed by atoms with van der Waals surface area (Å²) in [5.41, 5.74) is -0.579. The van der Waals surface area contributed by atoms with Crippen LogP contribution in [0.15, 0.2) is 45.6 Å². The minimum Gasteiger partial charge on any atom is -0.422 e. The fourth-order valence-electron chi connectivity index (χ4n) is 3.73. The smallest absolute Gasteiger partial charge is 0.414 e. The average molecular weight is 589 g/mol. The number of nitriles is 1. The molecule has 1 aromatic heterocycles. The summed E-state index contributed by atoms with van der Waals surface area (Å²) in [6.45, 7) is -0.285. The fourth-order valence-corrected chi connectivity index (χ4v) is 4.27. The van der Waals surface area contributed by atoms with Gasteiger partial charge in [0.05, 0.1) is 18.3 Å². The third-order valence-corrected chi connectivity index (χ3v) is 6.96. The summed E-state index contributed by atoms with van der Waals surface area (Å²) in [6, 6.07) is 10.4. The molecule has 41 heavy (non-hydrogen) atoms. The molecule has 3 aromatic rings. The van der Waals surface area contributed by atoms with Crippen molar-refractivity contribution in [2.75, 3.05) is 46.0 Å². The molecule has 15 heteroatoms. The van der Waals surface area contributed by atoms with Crippen LogP contribution in [-0.4, -0.2) is 71.5 Å². The summed E-state index contributed by atoms with van der Waals surface area (Å²) in [5, 5.41) is 12.2. The molecule has 13 nitrogen and oxygen atoms in total. The first-order valence-corrected chi connectivity index (χ1v) is 13.6. The maximum absolute atomic E-state index is 15.3. The molecule has 1 heterocycles. The van der Waals surface area contributed by atoms with Gasteiger partial charge in [0.25, 0.3) is 10.2 Å². The Morgan fingerprint density at radius 2 is 1.88 bits per heavy atom. The normalized spacial score (nSPS) is 11.1. The van der Waals surface area contributed by atoms with Crippen LogP contribution < -0.4 is 25.1 Å². The molecule has 3 rings (SSSR count). The van der Waals surface area contributed by atoms with E-state index < -0.39 is 27.7 Å². The topological polar surface area (TPSA) is 174 Å². The van der Waals surface area contributed by atoms with Crippen LogP contribution in [0.2, 0.25) is 0 Å². The summed E-state index contributed by atoms with van der Waals surface area (Å²) in [7, 11) is 1.65. The molecule has 0 bridgehead atoms. The van der Waals surface area contributed by atoms with E-state index in [0.29, 0.717) is 10.9 Å². The van der Waals surface area contributed by atoms with Crippen LogP contribution >= 0.6 is 0 Å². The first-order chi connectivity index (χ1) is 19.4. The Balaban J connectivity index is 2.05. The Labute approximate surface area is 235 Å². The van der Waals surface area contributed by atoms with Crippen molar-refractivity contribution in [3.8, 4) is 11.8 Å². The van der Waals surface area contributed by atoms with E-state index in [0.717, 1.165) is 0 Å². The van der Waals surface area contributed by atoms with E-state index in [2.05, 4.69) is 10.0 Å². The van der Waals surface area contributed by atoms with E-state index in [4.69, 9.17) is 14.4 Å². The average Bonchev–Trinajstić information content (AvgIpc) is 2.92. The second-order valence-electron chi connectivity index (χ2n) is 9.04. The van der Waals surface area contributed by atoms with Crippen LogP contribution in [0, 0.1) is 17.1 Å². The number of hydrogen-bond donors (Lipinski definition) is 3. The lowest BCUT2D eigenvalue weighted by Crippen LogP contribution is -2.35. The minimum absolute atomic E-state index is 0.00978. The second-order valence-corrected chi connectivity index (χ2v) is 10.7. The molecule has 0 fully saturated rings. The number of nitrogens with zero attached hydrogens (tertiary/aromatic N) is 3. The molecule has 0 saturated carbocycles. The second kappa shape index (κ2) is 13.2. The highest BCUT2D eigenvalue weighted by atomic mass is 32.2. The zero-order valence-electron chi connectivity index (χ0n) is 22.8. The highest BCUT2D eigenvalue weighted by molar-refractivity contribution is 7.90. The van der Waals surface area contributed by atoms with Gasteiger partial charge in [-0.05, 0) is 29.3 Å². The van der Waals surface area contributed by atoms with Crippen LogP contribution in [0.4, 0.5) is 14.9 Å². The number of anilines is 1. The molecular weight excluding hydrogens is 559 g/mol. The number of carbonyl (C=O) groups is 2. The number of amides is 2. The van der Waals surface area contributed by atoms with Gasteiger partial charge in [0.15, 0.2) is 5.82 Å². The third kappa shape index (κ3) is 7.78. The van der Waals surface area contributed by atoms with Crippen LogP contribution in [-0.2, 0) is 28.0 Å². The quantitative estimate of drug-likeness (QED) is 0.222. The van der Waals surface area contributed by atoms with Crippen molar-refractivity contribution in [3.63, 3.8) is 0 Å². The van der Waals surface area contributed by atoms with Crippen molar-refractivity contribution in [2.45, 2.75) is 13.0 Å². The monoisotopic (exact) mass is 588 g/mol. The molecule has 0 saturated heterocycles. The van der Waals surface area contributed by atoms with Crippen molar-refractivity contribution in [1.82, 2.24) is 19.8 Å². The van der Waals surface area contributed by atoms with Crippen LogP contribution in [0.3, 0.4) is 0 Å². The highest BCUT2D eigenvalue weighted by Crippen LogP contribution is 2.28. The number of halogens is 1. The van der Waals surface area contributed by atoms with Crippen LogP contribution in [0.25, 0.3) is 11.0 Å².